The van der Waals surface area contributed by atoms with E-state index in [0.29, 0.717) is 49.4 Å². The zero-order valence-corrected chi connectivity index (χ0v) is 36.6. The first kappa shape index (κ1) is 47.1. The summed E-state index contributed by atoms with van der Waals surface area (Å²) in [5, 5.41) is 49.4. The maximum Gasteiger partial charge on any atom is 0.573 e. The number of rotatable bonds is 15. The van der Waals surface area contributed by atoms with Gasteiger partial charge >= 0.3 is 12.4 Å². The van der Waals surface area contributed by atoms with E-state index in [0.717, 1.165) is 29.5 Å². The lowest BCUT2D eigenvalue weighted by Gasteiger charge is -2.11. The third-order valence-corrected chi connectivity index (χ3v) is 10.2. The van der Waals surface area contributed by atoms with E-state index in [-0.39, 0.29) is 46.5 Å². The molecule has 3 amide bonds. The van der Waals surface area contributed by atoms with Crippen LogP contribution in [0.1, 0.15) is 31.8 Å². The Morgan fingerprint density at radius 1 is 0.629 bits per heavy atom. The number of imide groups is 1. The Kier molecular flexibility index (Phi) is 14.2. The molecule has 0 unspecified atom stereocenters. The van der Waals surface area contributed by atoms with Crippen LogP contribution < -0.4 is 20.9 Å². The molecule has 0 spiro atoms. The number of nitrogens with zero attached hydrogens (tertiary/aromatic N) is 5. The summed E-state index contributed by atoms with van der Waals surface area (Å²) in [5.74, 6) is -1.93. The Morgan fingerprint density at radius 2 is 1.21 bits per heavy atom. The first-order valence-corrected chi connectivity index (χ1v) is 21.0. The third kappa shape index (κ3) is 12.1. The summed E-state index contributed by atoms with van der Waals surface area (Å²) in [4.78, 5) is 49.2. The van der Waals surface area contributed by atoms with E-state index in [1.165, 1.54) is 48.5 Å². The van der Waals surface area contributed by atoms with Gasteiger partial charge in [0.05, 0.1) is 17.1 Å². The van der Waals surface area contributed by atoms with Gasteiger partial charge in [0.25, 0.3) is 5.91 Å². The van der Waals surface area contributed by atoms with Gasteiger partial charge in [-0.25, -0.2) is 10.3 Å². The average Bonchev–Trinajstić information content (AvgIpc) is 3.34. The number of benzene rings is 8. The molecule has 0 aliphatic carbocycles. The molecule has 16 nitrogen and oxygen atoms in total. The maximum absolute atomic E-state index is 13.4. The Hall–Kier alpha value is -9.36. The highest BCUT2D eigenvalue weighted by atomic mass is 35.5. The minimum Gasteiger partial charge on any atom is -0.506 e. The van der Waals surface area contributed by atoms with Gasteiger partial charge < -0.3 is 29.9 Å². The van der Waals surface area contributed by atoms with Crippen LogP contribution in [0.2, 0.25) is 5.02 Å². The molecule has 0 heterocycles. The van der Waals surface area contributed by atoms with Crippen LogP contribution in [0.25, 0.3) is 21.5 Å². The number of aromatic hydroxyl groups is 2. The number of amides is 3. The van der Waals surface area contributed by atoms with Crippen molar-refractivity contribution in [2.24, 2.45) is 25.6 Å². The van der Waals surface area contributed by atoms with Crippen molar-refractivity contribution in [2.75, 3.05) is 10.8 Å². The van der Waals surface area contributed by atoms with E-state index in [1.807, 2.05) is 6.07 Å². The molecular formula is C50H34ClF3N8O8. The maximum atomic E-state index is 13.4. The van der Waals surface area contributed by atoms with Crippen LogP contribution in [0, 0.1) is 0 Å². The molecule has 0 bridgehead atoms. The van der Waals surface area contributed by atoms with Crippen LogP contribution in [0.15, 0.2) is 183 Å². The molecule has 20 heteroatoms. The normalized spacial score (nSPS) is 11.6. The quantitative estimate of drug-likeness (QED) is 0.0217. The van der Waals surface area contributed by atoms with Crippen LogP contribution in [-0.4, -0.2) is 40.7 Å². The molecular weight excluding hydrogens is 933 g/mol. The van der Waals surface area contributed by atoms with E-state index in [4.69, 9.17) is 21.3 Å². The largest absolute Gasteiger partial charge is 0.573 e. The Morgan fingerprint density at radius 3 is 1.84 bits per heavy atom. The highest BCUT2D eigenvalue weighted by Crippen LogP contribution is 2.38. The number of anilines is 2. The topological polar surface area (TPSA) is 217 Å². The van der Waals surface area contributed by atoms with Gasteiger partial charge in [-0.05, 0) is 126 Å². The number of phenols is 2. The van der Waals surface area contributed by atoms with Crippen molar-refractivity contribution in [1.82, 2.24) is 5.32 Å². The van der Waals surface area contributed by atoms with Crippen LogP contribution in [-0.2, 0) is 16.3 Å². The standard InChI is InChI=1S/C50H34ClF3N8O8/c51-35-3-1-5-39(25-35)62-69-28-55-68-27-29-7-19-41-32(23-29)13-21-43(63)45(41)60-58-36-15-8-30(9-16-36)47(65)31-10-17-37(18-11-31)59-61-46-42-20-12-34(24-33(42)14-22-44(46)64)48(66)57-49(67)56-38-4-2-6-40(26-38)70-50(52,53)54/h1-26,28,62-64H,27H2,(H2,56,57,66,67). The minimum atomic E-state index is -4.93. The molecule has 8 aromatic carbocycles. The number of carbonyl (C=O) groups excluding carboxylic acids is 3. The van der Waals surface area contributed by atoms with Crippen LogP contribution >= 0.6 is 11.6 Å². The molecule has 8 rings (SSSR count). The molecule has 70 heavy (non-hydrogen) atoms. The Labute approximate surface area is 399 Å². The second kappa shape index (κ2) is 21.1. The molecule has 0 aromatic heterocycles. The zero-order valence-electron chi connectivity index (χ0n) is 35.9. The number of nitrogens with one attached hydrogen (secondary N) is 3. The van der Waals surface area contributed by atoms with E-state index in [9.17, 15) is 37.8 Å². The van der Waals surface area contributed by atoms with Gasteiger partial charge in [0.15, 0.2) is 5.78 Å². The van der Waals surface area contributed by atoms with Gasteiger partial charge in [0.2, 0.25) is 6.40 Å². The number of hydrogen-bond donors (Lipinski definition) is 5. The number of ether oxygens (including phenoxy) is 1. The monoisotopic (exact) mass is 966 g/mol. The SMILES string of the molecule is O=C(NC(=O)c1ccc2c(N=Nc3ccc(C(=O)c4ccc(N=Nc5c(O)ccc6cc(CON=CONc7cccc(Cl)c7)ccc56)cc4)cc3)c(O)ccc2c1)Nc1cccc(OC(F)(F)F)c1. The lowest BCUT2D eigenvalue weighted by molar-refractivity contribution is -0.274. The van der Waals surface area contributed by atoms with Crippen molar-refractivity contribution in [3.05, 3.63) is 185 Å². The number of azo groups is 2. The van der Waals surface area contributed by atoms with E-state index < -0.39 is 24.1 Å². The van der Waals surface area contributed by atoms with E-state index in [1.54, 1.807) is 91.0 Å². The number of alkyl halides is 3. The van der Waals surface area contributed by atoms with Gasteiger partial charge in [-0.3, -0.25) is 14.9 Å². The summed E-state index contributed by atoms with van der Waals surface area (Å²) < 4.78 is 41.6. The molecule has 0 radical (unpaired) electrons. The summed E-state index contributed by atoms with van der Waals surface area (Å²) in [6.45, 7) is 0.144. The number of ketones is 1. The van der Waals surface area contributed by atoms with Crippen LogP contribution in [0.3, 0.4) is 0 Å². The average molecular weight is 967 g/mol. The molecule has 5 N–H and O–H groups in total. The first-order chi connectivity index (χ1) is 33.7. The molecule has 0 fully saturated rings. The second-order valence-corrected chi connectivity index (χ2v) is 15.3. The molecule has 0 aliphatic heterocycles. The fraction of sp³-hybridized carbons (Fsp3) is 0.0400. The predicted octanol–water partition coefficient (Wildman–Crippen LogP) is 13.5. The highest BCUT2D eigenvalue weighted by molar-refractivity contribution is 6.30. The highest BCUT2D eigenvalue weighted by Gasteiger charge is 2.31. The van der Waals surface area contributed by atoms with Gasteiger partial charge in [-0.15, -0.1) is 23.4 Å². The number of halogens is 4. The number of hydrogen-bond acceptors (Lipinski definition) is 14. The minimum absolute atomic E-state index is 0.0511. The van der Waals surface area contributed by atoms with Crippen LogP contribution in [0.4, 0.5) is 52.1 Å². The van der Waals surface area contributed by atoms with Crippen LogP contribution in [0.5, 0.6) is 17.2 Å². The predicted molar refractivity (Wildman–Crippen MR) is 255 cm³/mol. The molecule has 0 atom stereocenters. The smallest absolute Gasteiger partial charge is 0.506 e. The summed E-state index contributed by atoms with van der Waals surface area (Å²) in [5.41, 5.74) is 6.01. The summed E-state index contributed by atoms with van der Waals surface area (Å²) in [6.07, 6.45) is -3.82. The summed E-state index contributed by atoms with van der Waals surface area (Å²) in [7, 11) is 0. The second-order valence-electron chi connectivity index (χ2n) is 14.9. The Balaban J connectivity index is 0.857. The number of carbonyl (C=O) groups is 3. The summed E-state index contributed by atoms with van der Waals surface area (Å²) >= 11 is 5.96. The van der Waals surface area contributed by atoms with Gasteiger partial charge in [0, 0.05) is 44.2 Å². The van der Waals surface area contributed by atoms with Crippen molar-refractivity contribution in [2.45, 2.75) is 13.0 Å². The summed E-state index contributed by atoms with van der Waals surface area (Å²) in [6, 6.07) is 39.2. The van der Waals surface area contributed by atoms with Gasteiger partial charge in [-0.1, -0.05) is 59.2 Å². The van der Waals surface area contributed by atoms with Crippen molar-refractivity contribution in [3.8, 4) is 17.2 Å². The molecule has 0 saturated carbocycles. The molecule has 350 valence electrons. The lowest BCUT2D eigenvalue weighted by Crippen LogP contribution is -2.34. The molecule has 0 aliphatic rings. The zero-order chi connectivity index (χ0) is 49.2. The van der Waals surface area contributed by atoms with Gasteiger partial charge in [-0.2, -0.15) is 10.2 Å². The number of phenolic OH excluding ortho intramolecular Hbond substituents is 2. The van der Waals surface area contributed by atoms with E-state index >= 15 is 0 Å². The third-order valence-electron chi connectivity index (χ3n) is 10.0. The number of oxime groups is 1. The van der Waals surface area contributed by atoms with Crippen molar-refractivity contribution >= 4 is 91.4 Å². The number of urea groups is 1. The fourth-order valence-electron chi connectivity index (χ4n) is 6.75. The van der Waals surface area contributed by atoms with Crippen molar-refractivity contribution in [1.29, 1.82) is 0 Å². The molecule has 0 saturated heterocycles. The Bertz CT molecular complexity index is 3350. The fourth-order valence-corrected chi connectivity index (χ4v) is 6.94. The van der Waals surface area contributed by atoms with Crippen molar-refractivity contribution in [3.63, 3.8) is 0 Å². The first-order valence-electron chi connectivity index (χ1n) is 20.6. The lowest BCUT2D eigenvalue weighted by atomic mass is 10.0. The van der Waals surface area contributed by atoms with Gasteiger partial charge in [0.1, 0.15) is 35.2 Å². The molecule has 8 aromatic rings. The number of fused-ring (bicyclic) bond motifs is 2. The van der Waals surface area contributed by atoms with E-state index in [2.05, 4.69) is 46.5 Å². The van der Waals surface area contributed by atoms with Crippen molar-refractivity contribution < 1.29 is 52.2 Å².